The molecule has 0 heterocycles. The molecule has 0 fully saturated rings. The highest BCUT2D eigenvalue weighted by Gasteiger charge is 2.21. The topological polar surface area (TPSA) is 72.6 Å². The second-order valence-corrected chi connectivity index (χ2v) is 5.11. The minimum atomic E-state index is -3.60. The van der Waals surface area contributed by atoms with Crippen molar-refractivity contribution in [3.8, 4) is 0 Å². The first kappa shape index (κ1) is 12.0. The van der Waals surface area contributed by atoms with Crippen molar-refractivity contribution in [2.75, 3.05) is 19.9 Å². The molecule has 0 amide bonds. The molecule has 0 saturated carbocycles. The fourth-order valence-corrected chi connectivity index (χ4v) is 2.29. The van der Waals surface area contributed by atoms with Crippen LogP contribution < -0.4 is 5.73 Å². The van der Waals surface area contributed by atoms with Crippen molar-refractivity contribution >= 4 is 15.7 Å². The lowest BCUT2D eigenvalue weighted by atomic mass is 10.2. The summed E-state index contributed by atoms with van der Waals surface area (Å²) in [6, 6.07) is 4.64. The lowest BCUT2D eigenvalue weighted by molar-refractivity contribution is -0.0258. The Balaban J connectivity index is 3.27. The number of hydrogen-bond acceptors (Lipinski definition) is 4. The Kier molecular flexibility index (Phi) is 3.33. The van der Waals surface area contributed by atoms with Gasteiger partial charge in [-0.3, -0.25) is 4.84 Å². The summed E-state index contributed by atoms with van der Waals surface area (Å²) < 4.78 is 24.4. The third-order valence-electron chi connectivity index (χ3n) is 1.97. The van der Waals surface area contributed by atoms with Crippen molar-refractivity contribution in [2.24, 2.45) is 0 Å². The minimum Gasteiger partial charge on any atom is -0.399 e. The molecular weight excluding hydrogens is 216 g/mol. The van der Waals surface area contributed by atoms with Gasteiger partial charge in [0.25, 0.3) is 10.0 Å². The van der Waals surface area contributed by atoms with Crippen LogP contribution in [0.2, 0.25) is 0 Å². The molecule has 0 aliphatic heterocycles. The van der Waals surface area contributed by atoms with Crippen molar-refractivity contribution in [1.82, 2.24) is 4.47 Å². The molecule has 2 N–H and O–H groups in total. The summed E-state index contributed by atoms with van der Waals surface area (Å²) in [4.78, 5) is 4.78. The van der Waals surface area contributed by atoms with Crippen LogP contribution in [0.15, 0.2) is 23.1 Å². The number of nitrogen functional groups attached to an aromatic ring is 1. The Morgan fingerprint density at radius 3 is 2.40 bits per heavy atom. The fourth-order valence-electron chi connectivity index (χ4n) is 1.17. The Morgan fingerprint density at radius 2 is 1.93 bits per heavy atom. The van der Waals surface area contributed by atoms with Crippen molar-refractivity contribution in [3.05, 3.63) is 23.8 Å². The number of hydrogen-bond donors (Lipinski definition) is 1. The third-order valence-corrected chi connectivity index (χ3v) is 3.62. The van der Waals surface area contributed by atoms with Gasteiger partial charge < -0.3 is 5.73 Å². The number of nitrogens with zero attached hydrogens (tertiary/aromatic N) is 1. The minimum absolute atomic E-state index is 0.129. The van der Waals surface area contributed by atoms with Gasteiger partial charge in [-0.15, -0.1) is 0 Å². The maximum atomic E-state index is 11.8. The molecule has 0 aliphatic carbocycles. The number of nitrogens with two attached hydrogens (primary N) is 1. The van der Waals surface area contributed by atoms with Gasteiger partial charge in [-0.25, -0.2) is 8.42 Å². The van der Waals surface area contributed by atoms with Crippen LogP contribution in [0.1, 0.15) is 5.56 Å². The lowest BCUT2D eigenvalue weighted by Gasteiger charge is -2.14. The van der Waals surface area contributed by atoms with Gasteiger partial charge in [-0.2, -0.15) is 0 Å². The highest BCUT2D eigenvalue weighted by atomic mass is 32.2. The van der Waals surface area contributed by atoms with Crippen molar-refractivity contribution < 1.29 is 13.3 Å². The molecule has 15 heavy (non-hydrogen) atoms. The first-order chi connectivity index (χ1) is 6.87. The van der Waals surface area contributed by atoms with E-state index in [0.29, 0.717) is 5.69 Å². The molecule has 0 bridgehead atoms. The predicted octanol–water partition coefficient (Wildman–Crippen LogP) is 0.759. The van der Waals surface area contributed by atoms with Gasteiger partial charge in [-0.1, -0.05) is 4.47 Å². The highest BCUT2D eigenvalue weighted by molar-refractivity contribution is 7.89. The molecule has 1 rings (SSSR count). The van der Waals surface area contributed by atoms with Crippen LogP contribution in [-0.2, 0) is 14.9 Å². The summed E-state index contributed by atoms with van der Waals surface area (Å²) in [5, 5.41) is 0. The van der Waals surface area contributed by atoms with Crippen LogP contribution in [0, 0.1) is 6.92 Å². The van der Waals surface area contributed by atoms with Crippen LogP contribution in [0.3, 0.4) is 0 Å². The van der Waals surface area contributed by atoms with E-state index in [-0.39, 0.29) is 4.90 Å². The molecule has 1 aromatic carbocycles. The van der Waals surface area contributed by atoms with E-state index in [4.69, 9.17) is 5.73 Å². The Labute approximate surface area is 89.5 Å². The van der Waals surface area contributed by atoms with Gasteiger partial charge in [-0.05, 0) is 30.7 Å². The summed E-state index contributed by atoms with van der Waals surface area (Å²) in [5.41, 5.74) is 6.78. The summed E-state index contributed by atoms with van der Waals surface area (Å²) in [6.45, 7) is 1.78. The number of anilines is 1. The van der Waals surface area contributed by atoms with Crippen LogP contribution >= 0.6 is 0 Å². The number of aryl methyl sites for hydroxylation is 1. The first-order valence-electron chi connectivity index (χ1n) is 4.28. The smallest absolute Gasteiger partial charge is 0.264 e. The van der Waals surface area contributed by atoms with Crippen molar-refractivity contribution in [2.45, 2.75) is 11.8 Å². The molecular formula is C9H14N2O3S. The van der Waals surface area contributed by atoms with E-state index >= 15 is 0 Å². The summed E-state index contributed by atoms with van der Waals surface area (Å²) >= 11 is 0. The average Bonchev–Trinajstić information content (AvgIpc) is 2.15. The molecule has 0 radical (unpaired) electrons. The normalized spacial score (nSPS) is 12.0. The van der Waals surface area contributed by atoms with E-state index in [9.17, 15) is 8.42 Å². The molecule has 0 aromatic heterocycles. The van der Waals surface area contributed by atoms with Gasteiger partial charge in [0.05, 0.1) is 12.0 Å². The highest BCUT2D eigenvalue weighted by Crippen LogP contribution is 2.19. The molecule has 0 spiro atoms. The van der Waals surface area contributed by atoms with Gasteiger partial charge >= 0.3 is 0 Å². The van der Waals surface area contributed by atoms with Gasteiger partial charge in [0.2, 0.25) is 0 Å². The Hall–Kier alpha value is -1.11. The van der Waals surface area contributed by atoms with E-state index in [1.165, 1.54) is 20.2 Å². The standard InChI is InChI=1S/C9H14N2O3S/c1-7-4-8(10)6-9(5-7)15(12,13)11(2)14-3/h4-6H,10H2,1-3H3. The lowest BCUT2D eigenvalue weighted by Crippen LogP contribution is -2.25. The van der Waals surface area contributed by atoms with E-state index < -0.39 is 10.0 Å². The van der Waals surface area contributed by atoms with Crippen molar-refractivity contribution in [3.63, 3.8) is 0 Å². The molecule has 0 atom stereocenters. The van der Waals surface area contributed by atoms with Crippen LogP contribution in [0.5, 0.6) is 0 Å². The SMILES string of the molecule is CON(C)S(=O)(=O)c1cc(C)cc(N)c1. The Morgan fingerprint density at radius 1 is 1.33 bits per heavy atom. The van der Waals surface area contributed by atoms with Crippen LogP contribution in [-0.4, -0.2) is 27.0 Å². The van der Waals surface area contributed by atoms with Crippen LogP contribution in [0.25, 0.3) is 0 Å². The average molecular weight is 230 g/mol. The summed E-state index contributed by atoms with van der Waals surface area (Å²) in [6.07, 6.45) is 0. The number of sulfonamides is 1. The van der Waals surface area contributed by atoms with Gasteiger partial charge in [0, 0.05) is 12.7 Å². The largest absolute Gasteiger partial charge is 0.399 e. The second-order valence-electron chi connectivity index (χ2n) is 3.18. The number of rotatable bonds is 3. The van der Waals surface area contributed by atoms with Crippen molar-refractivity contribution in [1.29, 1.82) is 0 Å². The van der Waals surface area contributed by atoms with Gasteiger partial charge in [0.15, 0.2) is 0 Å². The molecule has 0 aliphatic rings. The van der Waals surface area contributed by atoms with Gasteiger partial charge in [0.1, 0.15) is 0 Å². The zero-order valence-electron chi connectivity index (χ0n) is 8.89. The van der Waals surface area contributed by atoms with E-state index in [0.717, 1.165) is 10.0 Å². The fraction of sp³-hybridized carbons (Fsp3) is 0.333. The van der Waals surface area contributed by atoms with E-state index in [1.807, 2.05) is 0 Å². The molecule has 1 aromatic rings. The molecule has 6 heteroatoms. The monoisotopic (exact) mass is 230 g/mol. The third kappa shape index (κ3) is 2.47. The molecule has 5 nitrogen and oxygen atoms in total. The molecule has 0 unspecified atom stereocenters. The second kappa shape index (κ2) is 4.18. The summed E-state index contributed by atoms with van der Waals surface area (Å²) in [5.74, 6) is 0. The predicted molar refractivity (Wildman–Crippen MR) is 57.5 cm³/mol. The first-order valence-corrected chi connectivity index (χ1v) is 5.72. The zero-order valence-corrected chi connectivity index (χ0v) is 9.71. The molecule has 84 valence electrons. The molecule has 0 saturated heterocycles. The number of benzene rings is 1. The van der Waals surface area contributed by atoms with E-state index in [2.05, 4.69) is 4.84 Å². The summed E-state index contributed by atoms with van der Waals surface area (Å²) in [7, 11) is -0.987. The zero-order chi connectivity index (χ0) is 11.6. The number of hydroxylamine groups is 1. The maximum Gasteiger partial charge on any atom is 0.264 e. The quantitative estimate of drug-likeness (QED) is 0.614. The Bertz CT molecular complexity index is 436. The maximum absolute atomic E-state index is 11.8. The van der Waals surface area contributed by atoms with Crippen LogP contribution in [0.4, 0.5) is 5.69 Å². The van der Waals surface area contributed by atoms with E-state index in [1.54, 1.807) is 19.1 Å².